The molecule has 3 heteroatoms. The van der Waals surface area contributed by atoms with Gasteiger partial charge in [-0.1, -0.05) is 12.8 Å². The molecular weight excluding hydrogens is 188 g/mol. The van der Waals surface area contributed by atoms with Crippen LogP contribution in [-0.4, -0.2) is 29.9 Å². The Kier molecular flexibility index (Phi) is 5.69. The van der Waals surface area contributed by atoms with Crippen molar-refractivity contribution in [1.29, 1.82) is 0 Å². The predicted octanol–water partition coefficient (Wildman–Crippen LogP) is 1.91. The van der Waals surface area contributed by atoms with Gasteiger partial charge < -0.3 is 10.6 Å². The number of likely N-dealkylation sites (tertiary alicyclic amines) is 1. The number of unbranched alkanes of at least 4 members (excludes halogenated alkanes) is 1. The van der Waals surface area contributed by atoms with E-state index in [1.807, 2.05) is 0 Å². The molecule has 3 nitrogen and oxygen atoms in total. The molecule has 1 saturated heterocycles. The summed E-state index contributed by atoms with van der Waals surface area (Å²) in [6.45, 7) is 3.83. The van der Waals surface area contributed by atoms with Crippen LogP contribution in [0.4, 0.5) is 0 Å². The first-order chi connectivity index (χ1) is 7.25. The highest BCUT2D eigenvalue weighted by Crippen LogP contribution is 2.17. The van der Waals surface area contributed by atoms with Crippen molar-refractivity contribution in [3.05, 3.63) is 0 Å². The smallest absolute Gasteiger partial charge is 0.222 e. The molecule has 0 aromatic carbocycles. The fourth-order valence-electron chi connectivity index (χ4n) is 2.21. The van der Waals surface area contributed by atoms with Crippen LogP contribution in [0.1, 0.15) is 51.9 Å². The van der Waals surface area contributed by atoms with Crippen LogP contribution in [0.25, 0.3) is 0 Å². The minimum absolute atomic E-state index is 0.331. The number of hydrogen-bond donors (Lipinski definition) is 1. The lowest BCUT2D eigenvalue weighted by Gasteiger charge is -2.27. The summed E-state index contributed by atoms with van der Waals surface area (Å²) in [6, 6.07) is 0.442. The number of carbonyl (C=O) groups is 1. The van der Waals surface area contributed by atoms with Crippen molar-refractivity contribution >= 4 is 5.91 Å². The molecule has 0 aliphatic carbocycles. The second-order valence-electron chi connectivity index (χ2n) is 4.53. The van der Waals surface area contributed by atoms with Crippen LogP contribution in [0, 0.1) is 0 Å². The molecule has 1 amide bonds. The molecule has 1 fully saturated rings. The van der Waals surface area contributed by atoms with E-state index in [-0.39, 0.29) is 0 Å². The molecule has 0 saturated carbocycles. The van der Waals surface area contributed by atoms with Crippen LogP contribution in [0.3, 0.4) is 0 Å². The van der Waals surface area contributed by atoms with E-state index in [2.05, 4.69) is 11.8 Å². The third kappa shape index (κ3) is 4.20. The normalized spacial score (nSPS) is 22.5. The van der Waals surface area contributed by atoms with Crippen molar-refractivity contribution in [2.24, 2.45) is 5.73 Å². The van der Waals surface area contributed by atoms with Gasteiger partial charge >= 0.3 is 0 Å². The van der Waals surface area contributed by atoms with Gasteiger partial charge in [0, 0.05) is 19.0 Å². The van der Waals surface area contributed by atoms with Gasteiger partial charge in [-0.2, -0.15) is 0 Å². The molecule has 1 rings (SSSR count). The first kappa shape index (κ1) is 12.5. The van der Waals surface area contributed by atoms with Crippen molar-refractivity contribution < 1.29 is 4.79 Å². The van der Waals surface area contributed by atoms with Gasteiger partial charge in [0.25, 0.3) is 0 Å². The Labute approximate surface area is 93.0 Å². The highest BCUT2D eigenvalue weighted by Gasteiger charge is 2.20. The molecule has 1 aliphatic rings. The van der Waals surface area contributed by atoms with Gasteiger partial charge in [-0.05, 0) is 39.2 Å². The Bertz CT molecular complexity index is 194. The van der Waals surface area contributed by atoms with E-state index in [4.69, 9.17) is 5.73 Å². The van der Waals surface area contributed by atoms with E-state index in [1.165, 1.54) is 25.7 Å². The average molecular weight is 212 g/mol. The second-order valence-corrected chi connectivity index (χ2v) is 4.53. The van der Waals surface area contributed by atoms with Gasteiger partial charge in [-0.15, -0.1) is 0 Å². The molecule has 0 spiro atoms. The van der Waals surface area contributed by atoms with E-state index >= 15 is 0 Å². The Morgan fingerprint density at radius 3 is 2.87 bits per heavy atom. The van der Waals surface area contributed by atoms with Crippen LogP contribution in [0.15, 0.2) is 0 Å². The molecule has 1 unspecified atom stereocenters. The first-order valence-corrected chi connectivity index (χ1v) is 6.25. The molecular formula is C12H24N2O. The molecule has 0 aromatic heterocycles. The molecule has 0 radical (unpaired) electrons. The lowest BCUT2D eigenvalue weighted by Crippen LogP contribution is -2.38. The van der Waals surface area contributed by atoms with Crippen molar-refractivity contribution in [2.75, 3.05) is 13.1 Å². The van der Waals surface area contributed by atoms with Gasteiger partial charge in [0.1, 0.15) is 0 Å². The molecule has 88 valence electrons. The van der Waals surface area contributed by atoms with Crippen molar-refractivity contribution in [3.63, 3.8) is 0 Å². The van der Waals surface area contributed by atoms with Gasteiger partial charge in [0.15, 0.2) is 0 Å². The summed E-state index contributed by atoms with van der Waals surface area (Å²) in [5.41, 5.74) is 5.42. The van der Waals surface area contributed by atoms with Crippen LogP contribution >= 0.6 is 0 Å². The Hall–Kier alpha value is -0.570. The molecule has 0 bridgehead atoms. The molecule has 1 aliphatic heterocycles. The fourth-order valence-corrected chi connectivity index (χ4v) is 2.21. The molecule has 15 heavy (non-hydrogen) atoms. The molecule has 1 atom stereocenters. The minimum Gasteiger partial charge on any atom is -0.340 e. The second kappa shape index (κ2) is 6.83. The van der Waals surface area contributed by atoms with E-state index in [0.717, 1.165) is 19.4 Å². The monoisotopic (exact) mass is 212 g/mol. The van der Waals surface area contributed by atoms with E-state index in [0.29, 0.717) is 24.9 Å². The maximum atomic E-state index is 11.9. The van der Waals surface area contributed by atoms with Gasteiger partial charge in [-0.3, -0.25) is 4.79 Å². The lowest BCUT2D eigenvalue weighted by atomic mass is 10.1. The zero-order valence-corrected chi connectivity index (χ0v) is 9.87. The average Bonchev–Trinajstić information content (AvgIpc) is 2.43. The lowest BCUT2D eigenvalue weighted by molar-refractivity contribution is -0.133. The summed E-state index contributed by atoms with van der Waals surface area (Å²) in [5.74, 6) is 0.331. The number of nitrogens with zero attached hydrogens (tertiary/aromatic N) is 1. The van der Waals surface area contributed by atoms with Gasteiger partial charge in [0.05, 0.1) is 0 Å². The maximum Gasteiger partial charge on any atom is 0.222 e. The quantitative estimate of drug-likeness (QED) is 0.724. The topological polar surface area (TPSA) is 46.3 Å². The summed E-state index contributed by atoms with van der Waals surface area (Å²) >= 11 is 0. The standard InChI is InChI=1S/C12H24N2O/c1-11-7-3-2-6-10-14(11)12(15)8-4-5-9-13/h11H,2-10,13H2,1H3. The SMILES string of the molecule is CC1CCCCCN1C(=O)CCCCN. The summed E-state index contributed by atoms with van der Waals surface area (Å²) < 4.78 is 0. The zero-order chi connectivity index (χ0) is 11.1. The highest BCUT2D eigenvalue weighted by molar-refractivity contribution is 5.76. The third-order valence-electron chi connectivity index (χ3n) is 3.22. The fraction of sp³-hybridized carbons (Fsp3) is 0.917. The Balaban J connectivity index is 2.34. The Morgan fingerprint density at radius 2 is 2.13 bits per heavy atom. The minimum atomic E-state index is 0.331. The summed E-state index contributed by atoms with van der Waals surface area (Å²) in [6.07, 6.45) is 7.48. The molecule has 1 heterocycles. The summed E-state index contributed by atoms with van der Waals surface area (Å²) in [7, 11) is 0. The summed E-state index contributed by atoms with van der Waals surface area (Å²) in [4.78, 5) is 14.0. The van der Waals surface area contributed by atoms with Crippen molar-refractivity contribution in [3.8, 4) is 0 Å². The number of nitrogens with two attached hydrogens (primary N) is 1. The van der Waals surface area contributed by atoms with E-state index < -0.39 is 0 Å². The van der Waals surface area contributed by atoms with Gasteiger partial charge in [0.2, 0.25) is 5.91 Å². The predicted molar refractivity (Wildman–Crippen MR) is 62.5 cm³/mol. The molecule has 0 aromatic rings. The van der Waals surface area contributed by atoms with Crippen LogP contribution in [0.2, 0.25) is 0 Å². The maximum absolute atomic E-state index is 11.9. The highest BCUT2D eigenvalue weighted by atomic mass is 16.2. The number of rotatable bonds is 4. The van der Waals surface area contributed by atoms with Crippen molar-refractivity contribution in [1.82, 2.24) is 4.90 Å². The van der Waals surface area contributed by atoms with Crippen LogP contribution < -0.4 is 5.73 Å². The van der Waals surface area contributed by atoms with Crippen LogP contribution in [-0.2, 0) is 4.79 Å². The number of hydrogen-bond acceptors (Lipinski definition) is 2. The zero-order valence-electron chi connectivity index (χ0n) is 9.87. The Morgan fingerprint density at radius 1 is 1.33 bits per heavy atom. The van der Waals surface area contributed by atoms with Crippen LogP contribution in [0.5, 0.6) is 0 Å². The largest absolute Gasteiger partial charge is 0.340 e. The number of amides is 1. The van der Waals surface area contributed by atoms with Crippen molar-refractivity contribution in [2.45, 2.75) is 57.9 Å². The first-order valence-electron chi connectivity index (χ1n) is 6.25. The molecule has 2 N–H and O–H groups in total. The van der Waals surface area contributed by atoms with Gasteiger partial charge in [-0.25, -0.2) is 0 Å². The number of carbonyl (C=O) groups excluding carboxylic acids is 1. The van der Waals surface area contributed by atoms with E-state index in [1.54, 1.807) is 0 Å². The van der Waals surface area contributed by atoms with E-state index in [9.17, 15) is 4.79 Å². The summed E-state index contributed by atoms with van der Waals surface area (Å²) in [5, 5.41) is 0. The third-order valence-corrected chi connectivity index (χ3v) is 3.22.